The minimum Gasteiger partial charge on any atom is -0.382 e. The van der Waals surface area contributed by atoms with E-state index in [-0.39, 0.29) is 0 Å². The summed E-state index contributed by atoms with van der Waals surface area (Å²) >= 11 is 0. The predicted molar refractivity (Wildman–Crippen MR) is 80.5 cm³/mol. The molecule has 1 fully saturated rings. The fraction of sp³-hybridized carbons (Fsp3) is 0.929. The first-order valence-corrected chi connectivity index (χ1v) is 7.52. The van der Waals surface area contributed by atoms with Gasteiger partial charge in [0.1, 0.15) is 0 Å². The minimum atomic E-state index is 0.552. The van der Waals surface area contributed by atoms with Crippen molar-refractivity contribution in [3.63, 3.8) is 0 Å². The van der Waals surface area contributed by atoms with E-state index < -0.39 is 0 Å². The Morgan fingerprint density at radius 1 is 1.47 bits per heavy atom. The maximum atomic E-state index is 5.82. The monoisotopic (exact) mass is 270 g/mol. The first-order valence-electron chi connectivity index (χ1n) is 7.52. The lowest BCUT2D eigenvalue weighted by molar-refractivity contribution is 0.146. The predicted octanol–water partition coefficient (Wildman–Crippen LogP) is 1.19. The van der Waals surface area contributed by atoms with Gasteiger partial charge in [0.2, 0.25) is 0 Å². The SMILES string of the molecule is CCOCCCN=C(N)NCCN(C(C)C)C1CC1. The van der Waals surface area contributed by atoms with Crippen LogP contribution in [-0.2, 0) is 4.74 Å². The number of aliphatic imine (C=N–C) groups is 1. The lowest BCUT2D eigenvalue weighted by Crippen LogP contribution is -2.42. The van der Waals surface area contributed by atoms with Crippen LogP contribution >= 0.6 is 0 Å². The second-order valence-electron chi connectivity index (χ2n) is 5.31. The highest BCUT2D eigenvalue weighted by atomic mass is 16.5. The van der Waals surface area contributed by atoms with Gasteiger partial charge in [0.15, 0.2) is 5.96 Å². The third-order valence-corrected chi connectivity index (χ3v) is 3.29. The molecule has 3 N–H and O–H groups in total. The summed E-state index contributed by atoms with van der Waals surface area (Å²) in [5.74, 6) is 0.552. The zero-order valence-corrected chi connectivity index (χ0v) is 12.7. The van der Waals surface area contributed by atoms with Gasteiger partial charge in [0.25, 0.3) is 0 Å². The molecule has 0 unspecified atom stereocenters. The summed E-state index contributed by atoms with van der Waals surface area (Å²) in [7, 11) is 0. The Kier molecular flexibility index (Phi) is 7.82. The van der Waals surface area contributed by atoms with Gasteiger partial charge in [-0.15, -0.1) is 0 Å². The maximum Gasteiger partial charge on any atom is 0.188 e. The van der Waals surface area contributed by atoms with E-state index in [2.05, 4.69) is 29.1 Å². The van der Waals surface area contributed by atoms with E-state index in [9.17, 15) is 0 Å². The van der Waals surface area contributed by atoms with Crippen LogP contribution in [0.5, 0.6) is 0 Å². The van der Waals surface area contributed by atoms with Crippen molar-refractivity contribution in [1.82, 2.24) is 10.2 Å². The molecule has 0 radical (unpaired) electrons. The van der Waals surface area contributed by atoms with Gasteiger partial charge >= 0.3 is 0 Å². The van der Waals surface area contributed by atoms with Gasteiger partial charge in [-0.3, -0.25) is 9.89 Å². The van der Waals surface area contributed by atoms with Gasteiger partial charge in [-0.1, -0.05) is 0 Å². The summed E-state index contributed by atoms with van der Waals surface area (Å²) in [5.41, 5.74) is 5.82. The summed E-state index contributed by atoms with van der Waals surface area (Å²) in [6.07, 6.45) is 3.62. The van der Waals surface area contributed by atoms with Crippen molar-refractivity contribution in [2.24, 2.45) is 10.7 Å². The normalized spacial score (nSPS) is 16.4. The number of ether oxygens (including phenoxy) is 1. The molecule has 0 aromatic carbocycles. The average Bonchev–Trinajstić information content (AvgIpc) is 3.18. The van der Waals surface area contributed by atoms with Crippen molar-refractivity contribution >= 4 is 5.96 Å². The van der Waals surface area contributed by atoms with Crippen molar-refractivity contribution in [3.8, 4) is 0 Å². The number of hydrogen-bond donors (Lipinski definition) is 2. The smallest absolute Gasteiger partial charge is 0.188 e. The number of nitrogens with zero attached hydrogens (tertiary/aromatic N) is 2. The van der Waals surface area contributed by atoms with Gasteiger partial charge in [-0.2, -0.15) is 0 Å². The highest BCUT2D eigenvalue weighted by Gasteiger charge is 2.29. The van der Waals surface area contributed by atoms with Crippen LogP contribution in [0.1, 0.15) is 40.0 Å². The summed E-state index contributed by atoms with van der Waals surface area (Å²) in [6, 6.07) is 1.41. The summed E-state index contributed by atoms with van der Waals surface area (Å²) in [6.45, 7) is 10.7. The Labute approximate surface area is 117 Å². The largest absolute Gasteiger partial charge is 0.382 e. The molecule has 0 aliphatic heterocycles. The molecule has 1 rings (SSSR count). The van der Waals surface area contributed by atoms with Crippen molar-refractivity contribution in [2.45, 2.75) is 52.1 Å². The molecular formula is C14H30N4O. The zero-order chi connectivity index (χ0) is 14.1. The molecule has 5 nitrogen and oxygen atoms in total. The van der Waals surface area contributed by atoms with Gasteiger partial charge in [-0.25, -0.2) is 0 Å². The number of hydrogen-bond acceptors (Lipinski definition) is 3. The fourth-order valence-corrected chi connectivity index (χ4v) is 2.15. The van der Waals surface area contributed by atoms with Crippen LogP contribution in [-0.4, -0.2) is 55.8 Å². The molecule has 5 heteroatoms. The molecule has 1 aliphatic carbocycles. The molecule has 0 aromatic heterocycles. The van der Waals surface area contributed by atoms with Crippen molar-refractivity contribution in [2.75, 3.05) is 32.8 Å². The van der Waals surface area contributed by atoms with E-state index >= 15 is 0 Å². The van der Waals surface area contributed by atoms with Crippen LogP contribution in [0.2, 0.25) is 0 Å². The van der Waals surface area contributed by atoms with Gasteiger partial charge in [-0.05, 0) is 40.0 Å². The third-order valence-electron chi connectivity index (χ3n) is 3.29. The molecule has 112 valence electrons. The van der Waals surface area contributed by atoms with E-state index in [1.54, 1.807) is 0 Å². The molecule has 0 saturated heterocycles. The second-order valence-corrected chi connectivity index (χ2v) is 5.31. The molecule has 0 aromatic rings. The summed E-state index contributed by atoms with van der Waals surface area (Å²) in [4.78, 5) is 6.82. The average molecular weight is 270 g/mol. The second kappa shape index (κ2) is 9.15. The van der Waals surface area contributed by atoms with E-state index in [1.165, 1.54) is 12.8 Å². The zero-order valence-electron chi connectivity index (χ0n) is 12.7. The van der Waals surface area contributed by atoms with Crippen molar-refractivity contribution in [3.05, 3.63) is 0 Å². The molecule has 0 bridgehead atoms. The van der Waals surface area contributed by atoms with Crippen LogP contribution in [0, 0.1) is 0 Å². The van der Waals surface area contributed by atoms with E-state index in [0.29, 0.717) is 12.0 Å². The Bertz CT molecular complexity index is 262. The fourth-order valence-electron chi connectivity index (χ4n) is 2.15. The highest BCUT2D eigenvalue weighted by Crippen LogP contribution is 2.27. The summed E-state index contributed by atoms with van der Waals surface area (Å²) < 4.78 is 5.25. The number of guanidine groups is 1. The standard InChI is InChI=1S/C14H30N4O/c1-4-19-11-5-8-16-14(15)17-9-10-18(12(2)3)13-6-7-13/h12-13H,4-11H2,1-3H3,(H3,15,16,17). The first-order chi connectivity index (χ1) is 9.15. The van der Waals surface area contributed by atoms with E-state index in [4.69, 9.17) is 10.5 Å². The molecule has 0 atom stereocenters. The maximum absolute atomic E-state index is 5.82. The van der Waals surface area contributed by atoms with Crippen molar-refractivity contribution in [1.29, 1.82) is 0 Å². The van der Waals surface area contributed by atoms with Gasteiger partial charge < -0.3 is 15.8 Å². The van der Waals surface area contributed by atoms with Crippen LogP contribution in [0.4, 0.5) is 0 Å². The van der Waals surface area contributed by atoms with E-state index in [1.807, 2.05) is 6.92 Å². The lowest BCUT2D eigenvalue weighted by atomic mass is 10.3. The molecular weight excluding hydrogens is 240 g/mol. The molecule has 1 aliphatic rings. The number of nitrogens with two attached hydrogens (primary N) is 1. The van der Waals surface area contributed by atoms with Gasteiger partial charge in [0.05, 0.1) is 0 Å². The Balaban J connectivity index is 2.08. The molecule has 19 heavy (non-hydrogen) atoms. The third kappa shape index (κ3) is 7.38. The minimum absolute atomic E-state index is 0.552. The van der Waals surface area contributed by atoms with Crippen LogP contribution in [0.15, 0.2) is 4.99 Å². The highest BCUT2D eigenvalue weighted by molar-refractivity contribution is 5.77. The number of nitrogens with one attached hydrogen (secondary N) is 1. The lowest BCUT2D eigenvalue weighted by Gasteiger charge is -2.26. The Morgan fingerprint density at radius 3 is 2.79 bits per heavy atom. The summed E-state index contributed by atoms with van der Waals surface area (Å²) in [5, 5.41) is 3.19. The molecule has 0 amide bonds. The van der Waals surface area contributed by atoms with Crippen LogP contribution in [0.25, 0.3) is 0 Å². The van der Waals surface area contributed by atoms with Crippen LogP contribution < -0.4 is 11.1 Å². The van der Waals surface area contributed by atoms with E-state index in [0.717, 1.165) is 45.3 Å². The quantitative estimate of drug-likeness (QED) is 0.356. The first kappa shape index (κ1) is 16.2. The van der Waals surface area contributed by atoms with Gasteiger partial charge in [0, 0.05) is 44.9 Å². The number of rotatable bonds is 10. The Hall–Kier alpha value is -0.810. The van der Waals surface area contributed by atoms with Crippen molar-refractivity contribution < 1.29 is 4.74 Å². The molecule has 0 heterocycles. The topological polar surface area (TPSA) is 62.9 Å². The Morgan fingerprint density at radius 2 is 2.21 bits per heavy atom. The molecule has 1 saturated carbocycles. The molecule has 0 spiro atoms. The van der Waals surface area contributed by atoms with Crippen LogP contribution in [0.3, 0.4) is 0 Å².